The summed E-state index contributed by atoms with van der Waals surface area (Å²) in [6.07, 6.45) is 6.24. The molecule has 14 heavy (non-hydrogen) atoms. The van der Waals surface area contributed by atoms with E-state index in [0.717, 1.165) is 12.8 Å². The maximum absolute atomic E-state index is 3.36. The van der Waals surface area contributed by atoms with Gasteiger partial charge in [-0.25, -0.2) is 0 Å². The van der Waals surface area contributed by atoms with Crippen LogP contribution >= 0.6 is 0 Å². The topological polar surface area (TPSA) is 24.1 Å². The monoisotopic (exact) mass is 198 g/mol. The van der Waals surface area contributed by atoms with Crippen molar-refractivity contribution in [2.45, 2.75) is 65.5 Å². The molecule has 0 fully saturated rings. The van der Waals surface area contributed by atoms with Crippen molar-refractivity contribution in [3.8, 4) is 0 Å². The van der Waals surface area contributed by atoms with Crippen LogP contribution in [-0.2, 0) is 0 Å². The van der Waals surface area contributed by atoms with E-state index in [2.05, 4.69) is 52.2 Å². The summed E-state index contributed by atoms with van der Waals surface area (Å²) in [5.41, 5.74) is 0.378. The van der Waals surface area contributed by atoms with E-state index in [9.17, 15) is 0 Å². The summed E-state index contributed by atoms with van der Waals surface area (Å²) in [6, 6.07) is 0. The zero-order valence-corrected chi connectivity index (χ0v) is 10.6. The first-order valence-corrected chi connectivity index (χ1v) is 5.53. The number of hydrogen-bond donors (Lipinski definition) is 2. The lowest BCUT2D eigenvalue weighted by molar-refractivity contribution is 0.412. The van der Waals surface area contributed by atoms with Gasteiger partial charge in [0.05, 0.1) is 0 Å². The van der Waals surface area contributed by atoms with Crippen LogP contribution < -0.4 is 10.6 Å². The Bertz CT molecular complexity index is 161. The van der Waals surface area contributed by atoms with Crippen molar-refractivity contribution in [3.63, 3.8) is 0 Å². The van der Waals surface area contributed by atoms with E-state index in [1.165, 1.54) is 0 Å². The molecule has 0 rings (SSSR count). The van der Waals surface area contributed by atoms with Crippen LogP contribution in [0.15, 0.2) is 12.4 Å². The molecule has 0 amide bonds. The zero-order chi connectivity index (χ0) is 11.2. The highest BCUT2D eigenvalue weighted by Crippen LogP contribution is 2.07. The smallest absolute Gasteiger partial charge is 0.0310 e. The van der Waals surface area contributed by atoms with Crippen LogP contribution in [0.5, 0.6) is 0 Å². The van der Waals surface area contributed by atoms with E-state index < -0.39 is 0 Å². The SMILES string of the molecule is CCC(C)(C)N/C=C\NC(C)(C)CC. The average molecular weight is 198 g/mol. The molecule has 0 aromatic rings. The van der Waals surface area contributed by atoms with E-state index in [0.29, 0.717) is 0 Å². The summed E-state index contributed by atoms with van der Waals surface area (Å²) in [5.74, 6) is 0. The summed E-state index contributed by atoms with van der Waals surface area (Å²) in [5, 5.41) is 6.72. The van der Waals surface area contributed by atoms with E-state index in [1.54, 1.807) is 0 Å². The molecule has 0 bridgehead atoms. The molecule has 0 saturated heterocycles. The molecule has 2 N–H and O–H groups in total. The molecule has 0 aliphatic rings. The van der Waals surface area contributed by atoms with Gasteiger partial charge in [0, 0.05) is 23.5 Å². The lowest BCUT2D eigenvalue weighted by Gasteiger charge is -2.25. The van der Waals surface area contributed by atoms with Crippen molar-refractivity contribution in [3.05, 3.63) is 12.4 Å². The minimum absolute atomic E-state index is 0.189. The molecule has 0 aromatic carbocycles. The van der Waals surface area contributed by atoms with Gasteiger partial charge in [-0.3, -0.25) is 0 Å². The van der Waals surface area contributed by atoms with Crippen LogP contribution in [0.1, 0.15) is 54.4 Å². The quantitative estimate of drug-likeness (QED) is 0.685. The second kappa shape index (κ2) is 5.28. The van der Waals surface area contributed by atoms with Crippen LogP contribution in [0.25, 0.3) is 0 Å². The molecule has 2 heteroatoms. The van der Waals surface area contributed by atoms with Gasteiger partial charge >= 0.3 is 0 Å². The van der Waals surface area contributed by atoms with Gasteiger partial charge in [0.2, 0.25) is 0 Å². The normalized spacial score (nSPS) is 13.3. The van der Waals surface area contributed by atoms with Crippen LogP contribution in [0, 0.1) is 0 Å². The van der Waals surface area contributed by atoms with Gasteiger partial charge in [-0.2, -0.15) is 0 Å². The second-order valence-corrected chi connectivity index (χ2v) is 5.10. The Labute approximate surface area is 89.2 Å². The molecule has 0 aliphatic heterocycles. The lowest BCUT2D eigenvalue weighted by Crippen LogP contribution is -2.37. The molecular formula is C12H26N2. The van der Waals surface area contributed by atoms with Gasteiger partial charge in [-0.15, -0.1) is 0 Å². The first-order valence-electron chi connectivity index (χ1n) is 5.53. The fourth-order valence-corrected chi connectivity index (χ4v) is 0.739. The molecule has 0 heterocycles. The first kappa shape index (κ1) is 13.3. The van der Waals surface area contributed by atoms with Crippen molar-refractivity contribution in [2.75, 3.05) is 0 Å². The Morgan fingerprint density at radius 3 is 1.29 bits per heavy atom. The third-order valence-electron chi connectivity index (χ3n) is 2.80. The summed E-state index contributed by atoms with van der Waals surface area (Å²) < 4.78 is 0. The molecule has 0 atom stereocenters. The lowest BCUT2D eigenvalue weighted by atomic mass is 10.0. The highest BCUT2D eigenvalue weighted by molar-refractivity contribution is 4.90. The van der Waals surface area contributed by atoms with E-state index >= 15 is 0 Å². The average Bonchev–Trinajstić information content (AvgIpc) is 2.13. The fraction of sp³-hybridized carbons (Fsp3) is 0.833. The Hall–Kier alpha value is -0.660. The standard InChI is InChI=1S/C12H26N2/c1-7-11(3,4)13-9-10-14-12(5,6)8-2/h9-10,13-14H,7-8H2,1-6H3/b10-9-. The van der Waals surface area contributed by atoms with Gasteiger partial charge in [0.25, 0.3) is 0 Å². The number of rotatable bonds is 6. The van der Waals surface area contributed by atoms with Crippen LogP contribution in [0.2, 0.25) is 0 Å². The molecule has 0 aliphatic carbocycles. The van der Waals surface area contributed by atoms with Crippen molar-refractivity contribution in [1.29, 1.82) is 0 Å². The molecule has 0 spiro atoms. The van der Waals surface area contributed by atoms with Crippen LogP contribution in [-0.4, -0.2) is 11.1 Å². The van der Waals surface area contributed by atoms with Gasteiger partial charge in [0.1, 0.15) is 0 Å². The maximum Gasteiger partial charge on any atom is 0.0310 e. The minimum Gasteiger partial charge on any atom is -0.385 e. The van der Waals surface area contributed by atoms with Gasteiger partial charge < -0.3 is 10.6 Å². The minimum atomic E-state index is 0.189. The number of nitrogens with one attached hydrogen (secondary N) is 2. The Morgan fingerprint density at radius 1 is 0.786 bits per heavy atom. The first-order chi connectivity index (χ1) is 6.33. The predicted molar refractivity (Wildman–Crippen MR) is 64.2 cm³/mol. The highest BCUT2D eigenvalue weighted by Gasteiger charge is 2.12. The Kier molecular flexibility index (Phi) is 5.03. The van der Waals surface area contributed by atoms with Crippen LogP contribution in [0.4, 0.5) is 0 Å². The van der Waals surface area contributed by atoms with Crippen molar-refractivity contribution in [1.82, 2.24) is 10.6 Å². The second-order valence-electron chi connectivity index (χ2n) is 5.10. The van der Waals surface area contributed by atoms with Crippen molar-refractivity contribution in [2.24, 2.45) is 0 Å². The summed E-state index contributed by atoms with van der Waals surface area (Å²) in [4.78, 5) is 0. The van der Waals surface area contributed by atoms with E-state index in [-0.39, 0.29) is 11.1 Å². The van der Waals surface area contributed by atoms with Gasteiger partial charge in [0.15, 0.2) is 0 Å². The predicted octanol–water partition coefficient (Wildman–Crippen LogP) is 3.01. The molecular weight excluding hydrogens is 172 g/mol. The summed E-state index contributed by atoms with van der Waals surface area (Å²) in [6.45, 7) is 13.2. The largest absolute Gasteiger partial charge is 0.385 e. The van der Waals surface area contributed by atoms with Crippen molar-refractivity contribution >= 4 is 0 Å². The fourth-order valence-electron chi connectivity index (χ4n) is 0.739. The maximum atomic E-state index is 3.36. The Morgan fingerprint density at radius 2 is 1.07 bits per heavy atom. The molecule has 0 unspecified atom stereocenters. The zero-order valence-electron chi connectivity index (χ0n) is 10.6. The molecule has 0 saturated carbocycles. The molecule has 0 aromatic heterocycles. The van der Waals surface area contributed by atoms with Gasteiger partial charge in [-0.1, -0.05) is 13.8 Å². The summed E-state index contributed by atoms with van der Waals surface area (Å²) >= 11 is 0. The molecule has 0 radical (unpaired) electrons. The third kappa shape index (κ3) is 5.90. The van der Waals surface area contributed by atoms with Crippen LogP contribution in [0.3, 0.4) is 0 Å². The van der Waals surface area contributed by atoms with Gasteiger partial charge in [-0.05, 0) is 40.5 Å². The molecule has 2 nitrogen and oxygen atoms in total. The van der Waals surface area contributed by atoms with E-state index in [1.807, 2.05) is 12.4 Å². The molecule has 84 valence electrons. The third-order valence-corrected chi connectivity index (χ3v) is 2.80. The van der Waals surface area contributed by atoms with Crippen molar-refractivity contribution < 1.29 is 0 Å². The highest BCUT2D eigenvalue weighted by atomic mass is 15.0. The summed E-state index contributed by atoms with van der Waals surface area (Å²) in [7, 11) is 0. The van der Waals surface area contributed by atoms with E-state index in [4.69, 9.17) is 0 Å². The Balaban J connectivity index is 3.86. The number of hydrogen-bond acceptors (Lipinski definition) is 2.